The molecule has 0 bridgehead atoms. The second kappa shape index (κ2) is 3.71. The lowest BCUT2D eigenvalue weighted by Crippen LogP contribution is -1.91. The van der Waals surface area contributed by atoms with Crippen molar-refractivity contribution in [2.45, 2.75) is 6.92 Å². The van der Waals surface area contributed by atoms with Crippen LogP contribution >= 0.6 is 0 Å². The maximum Gasteiger partial charge on any atom is 0.282 e. The van der Waals surface area contributed by atoms with Gasteiger partial charge in [0.2, 0.25) is 0 Å². The smallest absolute Gasteiger partial charge is 0.258 e. The summed E-state index contributed by atoms with van der Waals surface area (Å²) < 4.78 is 12.8. The number of rotatable bonds is 2. The maximum atomic E-state index is 12.8. The first-order valence-electron chi connectivity index (χ1n) is 3.56. The van der Waals surface area contributed by atoms with E-state index in [1.165, 1.54) is 6.92 Å². The Morgan fingerprint density at radius 3 is 2.79 bits per heavy atom. The zero-order valence-electron chi connectivity index (χ0n) is 7.14. The van der Waals surface area contributed by atoms with Crippen molar-refractivity contribution in [2.24, 2.45) is 5.11 Å². The lowest BCUT2D eigenvalue weighted by Gasteiger charge is -2.00. The van der Waals surface area contributed by atoms with Crippen LogP contribution in [0.2, 0.25) is 0 Å². The number of benzene rings is 1. The van der Waals surface area contributed by atoms with Gasteiger partial charge in [0.15, 0.2) is 0 Å². The minimum absolute atomic E-state index is 0.154. The van der Waals surface area contributed by atoms with Crippen LogP contribution in [0.15, 0.2) is 17.2 Å². The summed E-state index contributed by atoms with van der Waals surface area (Å²) in [6, 6.07) is 1.79. The topological polar surface area (TPSA) is 91.9 Å². The molecule has 0 aromatic heterocycles. The monoisotopic (exact) mass is 196 g/mol. The molecule has 6 nitrogen and oxygen atoms in total. The Balaban J connectivity index is 3.51. The highest BCUT2D eigenvalue weighted by atomic mass is 19.1. The lowest BCUT2D eigenvalue weighted by atomic mass is 10.1. The summed E-state index contributed by atoms with van der Waals surface area (Å²) in [6.45, 7) is 1.43. The average molecular weight is 196 g/mol. The van der Waals surface area contributed by atoms with Gasteiger partial charge < -0.3 is 0 Å². The molecule has 1 aromatic carbocycles. The van der Waals surface area contributed by atoms with Crippen LogP contribution in [-0.4, -0.2) is 4.92 Å². The Kier molecular flexibility index (Phi) is 2.64. The highest BCUT2D eigenvalue weighted by Crippen LogP contribution is 2.31. The molecule has 0 N–H and O–H groups in total. The molecule has 1 rings (SSSR count). The van der Waals surface area contributed by atoms with Crippen LogP contribution in [0, 0.1) is 22.9 Å². The van der Waals surface area contributed by atoms with E-state index in [0.717, 1.165) is 12.1 Å². The molecule has 0 saturated carbocycles. The number of nitrogens with zero attached hydrogens (tertiary/aromatic N) is 4. The fourth-order valence-electron chi connectivity index (χ4n) is 1.03. The molecule has 7 heteroatoms. The van der Waals surface area contributed by atoms with E-state index in [2.05, 4.69) is 10.0 Å². The van der Waals surface area contributed by atoms with Gasteiger partial charge in [-0.2, -0.15) is 0 Å². The van der Waals surface area contributed by atoms with Crippen molar-refractivity contribution < 1.29 is 9.31 Å². The first-order valence-corrected chi connectivity index (χ1v) is 3.56. The van der Waals surface area contributed by atoms with Crippen molar-refractivity contribution in [1.29, 1.82) is 0 Å². The molecule has 1 aromatic rings. The van der Waals surface area contributed by atoms with Crippen molar-refractivity contribution >= 4 is 11.4 Å². The molecule has 14 heavy (non-hydrogen) atoms. The van der Waals surface area contributed by atoms with Crippen molar-refractivity contribution in [2.75, 3.05) is 0 Å². The normalized spacial score (nSPS) is 9.29. The van der Waals surface area contributed by atoms with E-state index in [9.17, 15) is 14.5 Å². The van der Waals surface area contributed by atoms with Gasteiger partial charge in [0.25, 0.3) is 5.69 Å². The molecule has 0 aliphatic carbocycles. The zero-order chi connectivity index (χ0) is 10.7. The third-order valence-corrected chi connectivity index (χ3v) is 1.59. The predicted molar refractivity (Wildman–Crippen MR) is 46.6 cm³/mol. The van der Waals surface area contributed by atoms with Crippen molar-refractivity contribution in [3.05, 3.63) is 44.1 Å². The summed E-state index contributed by atoms with van der Waals surface area (Å²) >= 11 is 0. The van der Waals surface area contributed by atoms with Gasteiger partial charge in [-0.1, -0.05) is 5.11 Å². The molecular formula is C7H5FN4O2. The third kappa shape index (κ3) is 1.78. The molecule has 0 radical (unpaired) electrons. The minimum atomic E-state index is -0.792. The highest BCUT2D eigenvalue weighted by Gasteiger charge is 2.16. The number of nitro groups is 1. The Morgan fingerprint density at radius 2 is 2.29 bits per heavy atom. The Morgan fingerprint density at radius 1 is 1.64 bits per heavy atom. The highest BCUT2D eigenvalue weighted by molar-refractivity contribution is 5.62. The number of aryl methyl sites for hydroxylation is 1. The van der Waals surface area contributed by atoms with Gasteiger partial charge in [-0.15, -0.1) is 0 Å². The number of halogens is 1. The molecule has 72 valence electrons. The van der Waals surface area contributed by atoms with Gasteiger partial charge in [-0.3, -0.25) is 10.1 Å². The number of nitro benzene ring substituents is 1. The van der Waals surface area contributed by atoms with E-state index in [-0.39, 0.29) is 11.3 Å². The van der Waals surface area contributed by atoms with Crippen molar-refractivity contribution in [3.63, 3.8) is 0 Å². The van der Waals surface area contributed by atoms with Crippen molar-refractivity contribution in [3.8, 4) is 0 Å². The first-order chi connectivity index (χ1) is 6.56. The van der Waals surface area contributed by atoms with Crippen LogP contribution < -0.4 is 0 Å². The van der Waals surface area contributed by atoms with Gasteiger partial charge in [0, 0.05) is 4.91 Å². The molecule has 0 fully saturated rings. The summed E-state index contributed by atoms with van der Waals surface area (Å²) in [5, 5.41) is 13.6. The van der Waals surface area contributed by atoms with Gasteiger partial charge in [-0.25, -0.2) is 4.39 Å². The molecule has 0 saturated heterocycles. The van der Waals surface area contributed by atoms with Crippen LogP contribution in [-0.2, 0) is 0 Å². The molecule has 0 aliphatic rings. The quantitative estimate of drug-likeness (QED) is 0.239. The van der Waals surface area contributed by atoms with Gasteiger partial charge in [-0.05, 0) is 24.1 Å². The fraction of sp³-hybridized carbons (Fsp3) is 0.143. The van der Waals surface area contributed by atoms with E-state index in [1.54, 1.807) is 0 Å². The average Bonchev–Trinajstić information content (AvgIpc) is 2.09. The Bertz CT molecular complexity index is 440. The molecule has 0 heterocycles. The Hall–Kier alpha value is -2.14. The van der Waals surface area contributed by atoms with Gasteiger partial charge >= 0.3 is 0 Å². The molecule has 0 amide bonds. The number of azide groups is 1. The molecule has 0 atom stereocenters. The van der Waals surface area contributed by atoms with E-state index in [4.69, 9.17) is 5.53 Å². The van der Waals surface area contributed by atoms with E-state index in [1.807, 2.05) is 0 Å². The standard InChI is InChI=1S/C7H5FN4O2/c1-4-2-5(8)3-6(12(13)14)7(4)10-11-9/h2-3H,1H3. The summed E-state index contributed by atoms with van der Waals surface area (Å²) in [4.78, 5) is 12.1. The molecule has 0 unspecified atom stereocenters. The molecular weight excluding hydrogens is 191 g/mol. The first kappa shape index (κ1) is 9.94. The minimum Gasteiger partial charge on any atom is -0.258 e. The van der Waals surface area contributed by atoms with Crippen LogP contribution in [0.3, 0.4) is 0 Å². The van der Waals surface area contributed by atoms with Crippen LogP contribution in [0.1, 0.15) is 5.56 Å². The number of hydrogen-bond donors (Lipinski definition) is 0. The zero-order valence-corrected chi connectivity index (χ0v) is 7.14. The number of hydrogen-bond acceptors (Lipinski definition) is 3. The second-order valence-electron chi connectivity index (χ2n) is 2.54. The largest absolute Gasteiger partial charge is 0.282 e. The predicted octanol–water partition coefficient (Wildman–Crippen LogP) is 2.98. The Labute approximate surface area is 77.7 Å². The van der Waals surface area contributed by atoms with E-state index >= 15 is 0 Å². The SMILES string of the molecule is Cc1cc(F)cc([N+](=O)[O-])c1N=[N+]=[N-]. The summed E-state index contributed by atoms with van der Waals surface area (Å²) in [6.07, 6.45) is 0. The molecule has 0 aliphatic heterocycles. The fourth-order valence-corrected chi connectivity index (χ4v) is 1.03. The maximum absolute atomic E-state index is 12.8. The van der Waals surface area contributed by atoms with Crippen LogP contribution in [0.4, 0.5) is 15.8 Å². The van der Waals surface area contributed by atoms with Crippen LogP contribution in [0.5, 0.6) is 0 Å². The third-order valence-electron chi connectivity index (χ3n) is 1.59. The van der Waals surface area contributed by atoms with E-state index in [0.29, 0.717) is 0 Å². The lowest BCUT2D eigenvalue weighted by molar-refractivity contribution is -0.384. The van der Waals surface area contributed by atoms with E-state index < -0.39 is 16.4 Å². The van der Waals surface area contributed by atoms with Crippen LogP contribution in [0.25, 0.3) is 10.4 Å². The van der Waals surface area contributed by atoms with Crippen molar-refractivity contribution in [1.82, 2.24) is 0 Å². The molecule has 0 spiro atoms. The summed E-state index contributed by atoms with van der Waals surface area (Å²) in [5.74, 6) is -0.730. The van der Waals surface area contributed by atoms with Gasteiger partial charge in [0.05, 0.1) is 11.0 Å². The summed E-state index contributed by atoms with van der Waals surface area (Å²) in [5.41, 5.74) is 7.71. The van der Waals surface area contributed by atoms with Gasteiger partial charge in [0.1, 0.15) is 11.5 Å². The second-order valence-corrected chi connectivity index (χ2v) is 2.54. The summed E-state index contributed by atoms with van der Waals surface area (Å²) in [7, 11) is 0.